The van der Waals surface area contributed by atoms with Crippen molar-refractivity contribution >= 4 is 45.2 Å². The van der Waals surface area contributed by atoms with Gasteiger partial charge in [-0.3, -0.25) is 4.79 Å². The molecule has 0 aliphatic heterocycles. The summed E-state index contributed by atoms with van der Waals surface area (Å²) in [5.74, 6) is -0.324. The van der Waals surface area contributed by atoms with Crippen molar-refractivity contribution < 1.29 is 19.1 Å². The molecule has 1 aromatic carbocycles. The highest BCUT2D eigenvalue weighted by Crippen LogP contribution is 2.23. The molecule has 0 bridgehead atoms. The minimum atomic E-state index is -0.644. The monoisotopic (exact) mass is 398 g/mol. The summed E-state index contributed by atoms with van der Waals surface area (Å²) in [5.41, 5.74) is 0.266. The Balaban J connectivity index is 1.93. The molecule has 23 heavy (non-hydrogen) atoms. The lowest BCUT2D eigenvalue weighted by molar-refractivity contribution is -0.119. The molecule has 1 aromatic heterocycles. The maximum Gasteiger partial charge on any atom is 0.339 e. The fourth-order valence-electron chi connectivity index (χ4n) is 1.63. The first-order valence-electron chi connectivity index (χ1n) is 6.41. The molecule has 0 spiro atoms. The number of methoxy groups -OCH3 is 1. The Bertz CT molecular complexity index is 722. The molecule has 6 nitrogen and oxygen atoms in total. The van der Waals surface area contributed by atoms with Crippen LogP contribution < -0.4 is 10.1 Å². The maximum atomic E-state index is 12.0. The van der Waals surface area contributed by atoms with Crippen LogP contribution in [0.25, 0.3) is 0 Å². The van der Waals surface area contributed by atoms with Gasteiger partial charge in [-0.1, -0.05) is 11.6 Å². The van der Waals surface area contributed by atoms with Crippen molar-refractivity contribution in [1.82, 2.24) is 4.98 Å². The van der Waals surface area contributed by atoms with Crippen molar-refractivity contribution in [3.05, 3.63) is 51.6 Å². The van der Waals surface area contributed by atoms with Crippen molar-refractivity contribution in [2.75, 3.05) is 19.0 Å². The van der Waals surface area contributed by atoms with Crippen LogP contribution in [0.1, 0.15) is 10.4 Å². The van der Waals surface area contributed by atoms with Crippen LogP contribution in [0.5, 0.6) is 5.75 Å². The summed E-state index contributed by atoms with van der Waals surface area (Å²) in [6.45, 7) is -0.438. The Morgan fingerprint density at radius 2 is 2.09 bits per heavy atom. The van der Waals surface area contributed by atoms with E-state index < -0.39 is 18.5 Å². The second kappa shape index (κ2) is 7.94. The number of carbonyl (C=O) groups is 2. The standard InChI is InChI=1S/C15H12BrClN2O4/c1-22-10-3-4-12(16)11(6-10)15(21)23-8-14(20)19-13-5-2-9(17)7-18-13/h2-7H,8H2,1H3,(H,18,19,20). The number of nitrogens with zero attached hydrogens (tertiary/aromatic N) is 1. The third-order valence-corrected chi connectivity index (χ3v) is 3.64. The summed E-state index contributed by atoms with van der Waals surface area (Å²) in [4.78, 5) is 27.7. The predicted molar refractivity (Wildman–Crippen MR) is 88.9 cm³/mol. The Morgan fingerprint density at radius 3 is 2.74 bits per heavy atom. The average Bonchev–Trinajstić information content (AvgIpc) is 2.55. The van der Waals surface area contributed by atoms with Gasteiger partial charge in [0, 0.05) is 10.7 Å². The van der Waals surface area contributed by atoms with Gasteiger partial charge in [0.1, 0.15) is 11.6 Å². The van der Waals surface area contributed by atoms with E-state index in [1.807, 2.05) is 0 Å². The van der Waals surface area contributed by atoms with E-state index in [0.717, 1.165) is 0 Å². The minimum Gasteiger partial charge on any atom is -0.497 e. The number of rotatable bonds is 5. The first-order valence-corrected chi connectivity index (χ1v) is 7.59. The first kappa shape index (κ1) is 17.2. The summed E-state index contributed by atoms with van der Waals surface area (Å²) in [5, 5.41) is 2.95. The molecule has 1 N–H and O–H groups in total. The normalized spacial score (nSPS) is 10.0. The highest BCUT2D eigenvalue weighted by Gasteiger charge is 2.15. The van der Waals surface area contributed by atoms with E-state index in [1.54, 1.807) is 24.3 Å². The second-order valence-corrected chi connectivity index (χ2v) is 5.62. The number of esters is 1. The number of halogens is 2. The molecule has 0 atom stereocenters. The lowest BCUT2D eigenvalue weighted by Gasteiger charge is -2.08. The molecule has 1 heterocycles. The van der Waals surface area contributed by atoms with E-state index in [1.165, 1.54) is 19.4 Å². The third kappa shape index (κ3) is 4.94. The highest BCUT2D eigenvalue weighted by molar-refractivity contribution is 9.10. The van der Waals surface area contributed by atoms with Gasteiger partial charge in [0.2, 0.25) is 0 Å². The van der Waals surface area contributed by atoms with Crippen LogP contribution >= 0.6 is 27.5 Å². The number of carbonyl (C=O) groups excluding carboxylic acids is 2. The predicted octanol–water partition coefficient (Wildman–Crippen LogP) is 3.30. The van der Waals surface area contributed by atoms with Gasteiger partial charge in [0.05, 0.1) is 17.7 Å². The summed E-state index contributed by atoms with van der Waals surface area (Å²) in [6.07, 6.45) is 1.40. The SMILES string of the molecule is COc1ccc(Br)c(C(=O)OCC(=O)Nc2ccc(Cl)cn2)c1. The number of hydrogen-bond donors (Lipinski definition) is 1. The van der Waals surface area contributed by atoms with Crippen molar-refractivity contribution in [2.24, 2.45) is 0 Å². The van der Waals surface area contributed by atoms with Gasteiger partial charge >= 0.3 is 5.97 Å². The number of amides is 1. The van der Waals surface area contributed by atoms with Crippen LogP contribution in [0.4, 0.5) is 5.82 Å². The fourth-order valence-corrected chi connectivity index (χ4v) is 2.15. The zero-order valence-electron chi connectivity index (χ0n) is 12.0. The molecule has 0 saturated carbocycles. The van der Waals surface area contributed by atoms with Gasteiger partial charge < -0.3 is 14.8 Å². The number of benzene rings is 1. The molecule has 2 aromatic rings. The topological polar surface area (TPSA) is 77.5 Å². The molecule has 2 rings (SSSR count). The van der Waals surface area contributed by atoms with E-state index in [2.05, 4.69) is 26.2 Å². The van der Waals surface area contributed by atoms with E-state index in [9.17, 15) is 9.59 Å². The number of anilines is 1. The molecular weight excluding hydrogens is 388 g/mol. The smallest absolute Gasteiger partial charge is 0.339 e. The Labute approximate surface area is 145 Å². The van der Waals surface area contributed by atoms with Crippen LogP contribution in [0.3, 0.4) is 0 Å². The molecule has 1 amide bonds. The third-order valence-electron chi connectivity index (χ3n) is 2.72. The summed E-state index contributed by atoms with van der Waals surface area (Å²) < 4.78 is 10.6. The van der Waals surface area contributed by atoms with E-state index in [4.69, 9.17) is 21.1 Å². The Kier molecular flexibility index (Phi) is 5.95. The van der Waals surface area contributed by atoms with Gasteiger partial charge in [0.25, 0.3) is 5.91 Å². The Hall–Kier alpha value is -2.12. The lowest BCUT2D eigenvalue weighted by Crippen LogP contribution is -2.21. The van der Waals surface area contributed by atoms with Crippen LogP contribution in [-0.4, -0.2) is 30.6 Å². The molecule has 8 heteroatoms. The largest absolute Gasteiger partial charge is 0.497 e. The molecule has 0 unspecified atom stereocenters. The summed E-state index contributed by atoms with van der Waals surface area (Å²) in [7, 11) is 1.49. The van der Waals surface area contributed by atoms with Crippen molar-refractivity contribution in [3.63, 3.8) is 0 Å². The Morgan fingerprint density at radius 1 is 1.30 bits per heavy atom. The van der Waals surface area contributed by atoms with Gasteiger partial charge in [0.15, 0.2) is 6.61 Å². The molecule has 120 valence electrons. The fraction of sp³-hybridized carbons (Fsp3) is 0.133. The zero-order chi connectivity index (χ0) is 16.8. The highest BCUT2D eigenvalue weighted by atomic mass is 79.9. The number of nitrogens with one attached hydrogen (secondary N) is 1. The molecule has 0 aliphatic rings. The van der Waals surface area contributed by atoms with Gasteiger partial charge in [-0.05, 0) is 46.3 Å². The average molecular weight is 400 g/mol. The molecule has 0 radical (unpaired) electrons. The zero-order valence-corrected chi connectivity index (χ0v) is 14.3. The summed E-state index contributed by atoms with van der Waals surface area (Å²) in [6, 6.07) is 8.00. The van der Waals surface area contributed by atoms with Crippen LogP contribution in [0.2, 0.25) is 5.02 Å². The van der Waals surface area contributed by atoms with Gasteiger partial charge in [-0.2, -0.15) is 0 Å². The molecule has 0 saturated heterocycles. The van der Waals surface area contributed by atoms with E-state index in [0.29, 0.717) is 21.1 Å². The van der Waals surface area contributed by atoms with Crippen molar-refractivity contribution in [2.45, 2.75) is 0 Å². The summed E-state index contributed by atoms with van der Waals surface area (Å²) >= 11 is 8.95. The molecule has 0 aliphatic carbocycles. The number of aromatic nitrogens is 1. The van der Waals surface area contributed by atoms with Crippen molar-refractivity contribution in [3.8, 4) is 5.75 Å². The number of hydrogen-bond acceptors (Lipinski definition) is 5. The van der Waals surface area contributed by atoms with E-state index in [-0.39, 0.29) is 5.56 Å². The minimum absolute atomic E-state index is 0.266. The van der Waals surface area contributed by atoms with Crippen LogP contribution in [0, 0.1) is 0 Å². The van der Waals surface area contributed by atoms with Crippen molar-refractivity contribution in [1.29, 1.82) is 0 Å². The first-order chi connectivity index (χ1) is 11.0. The molecular formula is C15H12BrClN2O4. The van der Waals surface area contributed by atoms with E-state index >= 15 is 0 Å². The second-order valence-electron chi connectivity index (χ2n) is 4.33. The number of ether oxygens (including phenoxy) is 2. The quantitative estimate of drug-likeness (QED) is 0.781. The molecule has 0 fully saturated rings. The van der Waals surface area contributed by atoms with Gasteiger partial charge in [-0.15, -0.1) is 0 Å². The van der Waals surface area contributed by atoms with Crippen LogP contribution in [-0.2, 0) is 9.53 Å². The number of pyridine rings is 1. The lowest BCUT2D eigenvalue weighted by atomic mass is 10.2. The van der Waals surface area contributed by atoms with Gasteiger partial charge in [-0.25, -0.2) is 9.78 Å². The van der Waals surface area contributed by atoms with Crippen LogP contribution in [0.15, 0.2) is 41.0 Å². The maximum absolute atomic E-state index is 12.0.